The van der Waals surface area contributed by atoms with Gasteiger partial charge in [-0.25, -0.2) is 9.97 Å². The standard InChI is InChI=1S/C15H19BrN2O/c1-9(2)5-6-15-17-10(3)11-7-12(16)14(19-4)8-13(11)18-15/h7-9H,5-6H2,1-4H3. The minimum Gasteiger partial charge on any atom is -0.495 e. The number of nitrogens with zero attached hydrogens (tertiary/aromatic N) is 2. The van der Waals surface area contributed by atoms with E-state index in [2.05, 4.69) is 39.7 Å². The van der Waals surface area contributed by atoms with Crippen LogP contribution in [0.4, 0.5) is 0 Å². The molecule has 4 heteroatoms. The van der Waals surface area contributed by atoms with Gasteiger partial charge in [-0.05, 0) is 41.3 Å². The Morgan fingerprint density at radius 2 is 2.00 bits per heavy atom. The molecule has 0 radical (unpaired) electrons. The van der Waals surface area contributed by atoms with Crippen molar-refractivity contribution in [1.82, 2.24) is 9.97 Å². The Balaban J connectivity index is 2.46. The predicted molar refractivity (Wildman–Crippen MR) is 81.7 cm³/mol. The molecule has 19 heavy (non-hydrogen) atoms. The van der Waals surface area contributed by atoms with Crippen LogP contribution in [0.2, 0.25) is 0 Å². The van der Waals surface area contributed by atoms with Crippen molar-refractivity contribution in [1.29, 1.82) is 0 Å². The Bertz CT molecular complexity index is 596. The number of benzene rings is 1. The summed E-state index contributed by atoms with van der Waals surface area (Å²) in [5, 5.41) is 1.07. The van der Waals surface area contributed by atoms with Crippen LogP contribution < -0.4 is 4.74 Å². The number of aromatic nitrogens is 2. The first-order valence-corrected chi connectivity index (χ1v) is 7.31. The molecule has 0 fully saturated rings. The van der Waals surface area contributed by atoms with Crippen LogP contribution in [0.1, 0.15) is 31.8 Å². The third-order valence-corrected chi connectivity index (χ3v) is 3.77. The Labute approximate surface area is 122 Å². The maximum atomic E-state index is 5.32. The normalized spacial score (nSPS) is 11.3. The molecule has 2 rings (SSSR count). The van der Waals surface area contributed by atoms with Crippen LogP contribution in [-0.4, -0.2) is 17.1 Å². The second-order valence-corrected chi connectivity index (χ2v) is 6.02. The Kier molecular flexibility index (Phi) is 4.40. The highest BCUT2D eigenvalue weighted by Gasteiger charge is 2.09. The van der Waals surface area contributed by atoms with E-state index in [-0.39, 0.29) is 0 Å². The maximum Gasteiger partial charge on any atom is 0.135 e. The zero-order chi connectivity index (χ0) is 14.0. The van der Waals surface area contributed by atoms with Crippen LogP contribution in [0.3, 0.4) is 0 Å². The summed E-state index contributed by atoms with van der Waals surface area (Å²) in [4.78, 5) is 9.24. The van der Waals surface area contributed by atoms with E-state index in [1.165, 1.54) is 0 Å². The number of fused-ring (bicyclic) bond motifs is 1. The fourth-order valence-corrected chi connectivity index (χ4v) is 2.53. The van der Waals surface area contributed by atoms with Gasteiger partial charge in [0.2, 0.25) is 0 Å². The molecule has 0 unspecified atom stereocenters. The number of hydrogen-bond acceptors (Lipinski definition) is 3. The van der Waals surface area contributed by atoms with E-state index in [1.807, 2.05) is 19.1 Å². The molecule has 0 N–H and O–H groups in total. The van der Waals surface area contributed by atoms with Gasteiger partial charge in [-0.15, -0.1) is 0 Å². The third kappa shape index (κ3) is 3.24. The zero-order valence-corrected chi connectivity index (χ0v) is 13.4. The molecule has 1 aromatic heterocycles. The predicted octanol–water partition coefficient (Wildman–Crippen LogP) is 4.30. The van der Waals surface area contributed by atoms with Crippen LogP contribution in [0.5, 0.6) is 5.75 Å². The van der Waals surface area contributed by atoms with Gasteiger partial charge in [0.25, 0.3) is 0 Å². The molecule has 102 valence electrons. The fraction of sp³-hybridized carbons (Fsp3) is 0.467. The van der Waals surface area contributed by atoms with Crippen LogP contribution >= 0.6 is 15.9 Å². The first kappa shape index (κ1) is 14.3. The first-order valence-electron chi connectivity index (χ1n) is 6.52. The molecule has 1 heterocycles. The van der Waals surface area contributed by atoms with Crippen LogP contribution in [0.25, 0.3) is 10.9 Å². The zero-order valence-electron chi connectivity index (χ0n) is 11.8. The van der Waals surface area contributed by atoms with Crippen molar-refractivity contribution in [2.24, 2.45) is 5.92 Å². The number of ether oxygens (including phenoxy) is 1. The second-order valence-electron chi connectivity index (χ2n) is 5.16. The molecule has 0 saturated heterocycles. The number of halogens is 1. The van der Waals surface area contributed by atoms with Gasteiger partial charge in [-0.1, -0.05) is 13.8 Å². The maximum absolute atomic E-state index is 5.32. The third-order valence-electron chi connectivity index (χ3n) is 3.15. The Morgan fingerprint density at radius 1 is 1.26 bits per heavy atom. The molecule has 0 amide bonds. The highest BCUT2D eigenvalue weighted by molar-refractivity contribution is 9.10. The summed E-state index contributed by atoms with van der Waals surface area (Å²) in [5.41, 5.74) is 1.97. The van der Waals surface area contributed by atoms with Gasteiger partial charge in [-0.2, -0.15) is 0 Å². The second kappa shape index (κ2) is 5.87. The highest BCUT2D eigenvalue weighted by Crippen LogP contribution is 2.30. The molecular formula is C15H19BrN2O. The average molecular weight is 323 g/mol. The smallest absolute Gasteiger partial charge is 0.135 e. The van der Waals surface area contributed by atoms with Crippen molar-refractivity contribution in [2.75, 3.05) is 7.11 Å². The summed E-state index contributed by atoms with van der Waals surface area (Å²) in [6, 6.07) is 3.99. The molecular weight excluding hydrogens is 304 g/mol. The van der Waals surface area contributed by atoms with E-state index in [0.717, 1.165) is 45.5 Å². The van der Waals surface area contributed by atoms with Gasteiger partial charge in [0, 0.05) is 23.6 Å². The number of aryl methyl sites for hydroxylation is 2. The first-order chi connectivity index (χ1) is 9.01. The molecule has 2 aromatic rings. The fourth-order valence-electron chi connectivity index (χ4n) is 2.03. The van der Waals surface area contributed by atoms with Crippen molar-refractivity contribution in [3.05, 3.63) is 28.1 Å². The summed E-state index contributed by atoms with van der Waals surface area (Å²) in [5.74, 6) is 2.39. The van der Waals surface area contributed by atoms with Crippen molar-refractivity contribution in [3.8, 4) is 5.75 Å². The number of methoxy groups -OCH3 is 1. The average Bonchev–Trinajstić information content (AvgIpc) is 2.36. The Hall–Kier alpha value is -1.16. The van der Waals surface area contributed by atoms with Crippen LogP contribution in [0, 0.1) is 12.8 Å². The van der Waals surface area contributed by atoms with E-state index in [0.29, 0.717) is 5.92 Å². The molecule has 0 spiro atoms. The van der Waals surface area contributed by atoms with Gasteiger partial charge in [0.1, 0.15) is 11.6 Å². The van der Waals surface area contributed by atoms with E-state index in [9.17, 15) is 0 Å². The summed E-state index contributed by atoms with van der Waals surface area (Å²) in [6.45, 7) is 6.46. The quantitative estimate of drug-likeness (QED) is 0.841. The van der Waals surface area contributed by atoms with Gasteiger partial charge < -0.3 is 4.74 Å². The molecule has 0 bridgehead atoms. The SMILES string of the molecule is COc1cc2nc(CCC(C)C)nc(C)c2cc1Br. The van der Waals surface area contributed by atoms with Crippen molar-refractivity contribution >= 4 is 26.8 Å². The minimum absolute atomic E-state index is 0.666. The summed E-state index contributed by atoms with van der Waals surface area (Å²) < 4.78 is 6.26. The molecule has 0 atom stereocenters. The van der Waals surface area contributed by atoms with Gasteiger partial charge in [0.15, 0.2) is 0 Å². The van der Waals surface area contributed by atoms with Crippen LogP contribution in [-0.2, 0) is 6.42 Å². The van der Waals surface area contributed by atoms with E-state index >= 15 is 0 Å². The molecule has 0 saturated carbocycles. The molecule has 0 aliphatic rings. The number of rotatable bonds is 4. The largest absolute Gasteiger partial charge is 0.495 e. The molecule has 1 aromatic carbocycles. The Morgan fingerprint density at radius 3 is 2.63 bits per heavy atom. The lowest BCUT2D eigenvalue weighted by Crippen LogP contribution is -2.01. The van der Waals surface area contributed by atoms with Gasteiger partial charge >= 0.3 is 0 Å². The molecule has 0 aliphatic carbocycles. The van der Waals surface area contributed by atoms with Crippen molar-refractivity contribution in [3.63, 3.8) is 0 Å². The molecule has 0 aliphatic heterocycles. The lowest BCUT2D eigenvalue weighted by Gasteiger charge is -2.09. The van der Waals surface area contributed by atoms with E-state index < -0.39 is 0 Å². The summed E-state index contributed by atoms with van der Waals surface area (Å²) in [6.07, 6.45) is 2.03. The summed E-state index contributed by atoms with van der Waals surface area (Å²) in [7, 11) is 1.67. The van der Waals surface area contributed by atoms with Crippen LogP contribution in [0.15, 0.2) is 16.6 Å². The van der Waals surface area contributed by atoms with E-state index in [4.69, 9.17) is 4.74 Å². The monoisotopic (exact) mass is 322 g/mol. The van der Waals surface area contributed by atoms with Gasteiger partial charge in [-0.3, -0.25) is 0 Å². The summed E-state index contributed by atoms with van der Waals surface area (Å²) >= 11 is 3.50. The van der Waals surface area contributed by atoms with Crippen molar-refractivity contribution < 1.29 is 4.74 Å². The van der Waals surface area contributed by atoms with Gasteiger partial charge in [0.05, 0.1) is 17.1 Å². The number of hydrogen-bond donors (Lipinski definition) is 0. The topological polar surface area (TPSA) is 35.0 Å². The van der Waals surface area contributed by atoms with E-state index in [1.54, 1.807) is 7.11 Å². The molecule has 3 nitrogen and oxygen atoms in total. The lowest BCUT2D eigenvalue weighted by atomic mass is 10.1. The lowest BCUT2D eigenvalue weighted by molar-refractivity contribution is 0.412. The van der Waals surface area contributed by atoms with Crippen molar-refractivity contribution in [2.45, 2.75) is 33.6 Å². The highest BCUT2D eigenvalue weighted by atomic mass is 79.9. The minimum atomic E-state index is 0.666.